The molecule has 0 unspecified atom stereocenters. The number of nitrogens with zero attached hydrogens (tertiary/aromatic N) is 5. The van der Waals surface area contributed by atoms with E-state index in [1.54, 1.807) is 24.1 Å². The summed E-state index contributed by atoms with van der Waals surface area (Å²) >= 11 is 0. The number of carbonyl (C=O) groups is 1. The second-order valence-corrected chi connectivity index (χ2v) is 5.03. The molecule has 1 amide bonds. The molecule has 1 N–H and O–H groups in total. The van der Waals surface area contributed by atoms with Gasteiger partial charge in [-0.2, -0.15) is 0 Å². The van der Waals surface area contributed by atoms with Gasteiger partial charge < -0.3 is 20.3 Å². The maximum absolute atomic E-state index is 11.8. The first-order chi connectivity index (χ1) is 10.0. The molecule has 0 radical (unpaired) electrons. The van der Waals surface area contributed by atoms with Gasteiger partial charge in [0.1, 0.15) is 6.20 Å². The molecule has 0 aliphatic heterocycles. The first-order valence-corrected chi connectivity index (χ1v) is 6.54. The van der Waals surface area contributed by atoms with Gasteiger partial charge in [0.05, 0.1) is 6.54 Å². The lowest BCUT2D eigenvalue weighted by Gasteiger charge is -2.16. The van der Waals surface area contributed by atoms with Gasteiger partial charge >= 0.3 is 5.82 Å². The van der Waals surface area contributed by atoms with Crippen molar-refractivity contribution in [3.8, 4) is 0 Å². The van der Waals surface area contributed by atoms with E-state index in [0.717, 1.165) is 23.6 Å². The highest BCUT2D eigenvalue weighted by atomic mass is 16.6. The molecule has 0 atom stereocenters. The van der Waals surface area contributed by atoms with Gasteiger partial charge in [-0.3, -0.25) is 4.79 Å². The van der Waals surface area contributed by atoms with E-state index in [9.17, 15) is 14.9 Å². The Bertz CT molecular complexity index is 708. The molecule has 3 rings (SSSR count). The van der Waals surface area contributed by atoms with E-state index in [2.05, 4.69) is 15.4 Å². The molecule has 9 heteroatoms. The van der Waals surface area contributed by atoms with E-state index >= 15 is 0 Å². The number of rotatable bonds is 5. The molecule has 9 nitrogen and oxygen atoms in total. The Morgan fingerprint density at radius 1 is 1.57 bits per heavy atom. The summed E-state index contributed by atoms with van der Waals surface area (Å²) in [5.74, 6) is 0.180. The Morgan fingerprint density at radius 3 is 3.00 bits per heavy atom. The van der Waals surface area contributed by atoms with Crippen molar-refractivity contribution in [2.24, 2.45) is 0 Å². The zero-order valence-electron chi connectivity index (χ0n) is 11.4. The van der Waals surface area contributed by atoms with Gasteiger partial charge in [-0.25, -0.2) is 4.98 Å². The Balaban J connectivity index is 1.80. The van der Waals surface area contributed by atoms with Crippen LogP contribution in [0.5, 0.6) is 0 Å². The molecule has 1 saturated carbocycles. The molecule has 0 aromatic carbocycles. The molecule has 0 bridgehead atoms. The number of hydrogen-bond donors (Lipinski definition) is 1. The molecule has 1 aliphatic rings. The normalized spacial score (nSPS) is 14.1. The third kappa shape index (κ3) is 2.76. The summed E-state index contributed by atoms with van der Waals surface area (Å²) in [7, 11) is 1.71. The number of fused-ring (bicyclic) bond motifs is 1. The van der Waals surface area contributed by atoms with Crippen LogP contribution in [0.3, 0.4) is 0 Å². The Labute approximate surface area is 119 Å². The molecule has 21 heavy (non-hydrogen) atoms. The number of likely N-dealkylation sites (N-methyl/N-ethyl adjacent to an activating group) is 1. The SMILES string of the molecule is CN(CC(=O)NC1CC1)c1ccc2ncc([N+](=O)[O-])n2n1. The van der Waals surface area contributed by atoms with Crippen LogP contribution in [-0.4, -0.2) is 45.1 Å². The number of imidazole rings is 1. The second kappa shape index (κ2) is 5.00. The maximum Gasteiger partial charge on any atom is 0.368 e. The van der Waals surface area contributed by atoms with Crippen LogP contribution in [0.1, 0.15) is 12.8 Å². The summed E-state index contributed by atoms with van der Waals surface area (Å²) in [6, 6.07) is 3.61. The lowest BCUT2D eigenvalue weighted by atomic mass is 10.4. The molecule has 2 heterocycles. The molecule has 0 spiro atoms. The summed E-state index contributed by atoms with van der Waals surface area (Å²) in [6.07, 6.45) is 3.22. The summed E-state index contributed by atoms with van der Waals surface area (Å²) in [5, 5.41) is 17.9. The number of anilines is 1. The van der Waals surface area contributed by atoms with Crippen LogP contribution in [0.2, 0.25) is 0 Å². The van der Waals surface area contributed by atoms with E-state index < -0.39 is 4.92 Å². The lowest BCUT2D eigenvalue weighted by molar-refractivity contribution is -0.391. The van der Waals surface area contributed by atoms with E-state index in [0.29, 0.717) is 17.5 Å². The van der Waals surface area contributed by atoms with E-state index in [1.807, 2.05) is 0 Å². The van der Waals surface area contributed by atoms with Crippen molar-refractivity contribution in [1.82, 2.24) is 19.9 Å². The molecule has 2 aromatic heterocycles. The van der Waals surface area contributed by atoms with Crippen molar-refractivity contribution < 1.29 is 9.72 Å². The van der Waals surface area contributed by atoms with Crippen molar-refractivity contribution >= 4 is 23.2 Å². The molecule has 2 aromatic rings. The Kier molecular flexibility index (Phi) is 3.16. The zero-order valence-corrected chi connectivity index (χ0v) is 11.4. The van der Waals surface area contributed by atoms with Crippen LogP contribution in [0.25, 0.3) is 5.65 Å². The van der Waals surface area contributed by atoms with Gasteiger partial charge in [0, 0.05) is 19.2 Å². The second-order valence-electron chi connectivity index (χ2n) is 5.03. The number of amides is 1. The number of aromatic nitrogens is 3. The molecular weight excluding hydrogens is 276 g/mol. The predicted molar refractivity (Wildman–Crippen MR) is 74.1 cm³/mol. The van der Waals surface area contributed by atoms with Crippen LogP contribution in [0, 0.1) is 10.1 Å². The molecule has 1 fully saturated rings. The first kappa shape index (κ1) is 13.3. The summed E-state index contributed by atoms with van der Waals surface area (Å²) in [4.78, 5) is 27.7. The monoisotopic (exact) mass is 290 g/mol. The largest absolute Gasteiger partial charge is 0.368 e. The van der Waals surface area contributed by atoms with Crippen LogP contribution in [0.15, 0.2) is 18.3 Å². The fourth-order valence-corrected chi connectivity index (χ4v) is 1.98. The molecular formula is C12H14N6O3. The average Bonchev–Trinajstić information content (AvgIpc) is 3.13. The van der Waals surface area contributed by atoms with Crippen LogP contribution < -0.4 is 10.2 Å². The standard InChI is InChI=1S/C12H14N6O3/c1-16(7-11(19)14-8-2-3-8)10-5-4-9-13-6-12(18(20)21)17(9)15-10/h4-6,8H,2-3,7H2,1H3,(H,14,19). The number of nitro groups is 1. The van der Waals surface area contributed by atoms with Crippen molar-refractivity contribution in [3.05, 3.63) is 28.4 Å². The summed E-state index contributed by atoms with van der Waals surface area (Å²) < 4.78 is 1.16. The Hall–Kier alpha value is -2.71. The number of hydrogen-bond acceptors (Lipinski definition) is 6. The van der Waals surface area contributed by atoms with Crippen LogP contribution >= 0.6 is 0 Å². The highest BCUT2D eigenvalue weighted by molar-refractivity contribution is 5.81. The minimum absolute atomic E-state index is 0.0815. The smallest absolute Gasteiger partial charge is 0.358 e. The topological polar surface area (TPSA) is 106 Å². The van der Waals surface area contributed by atoms with Crippen molar-refractivity contribution in [2.75, 3.05) is 18.5 Å². The third-order valence-electron chi connectivity index (χ3n) is 3.23. The number of nitrogens with one attached hydrogen (secondary N) is 1. The fraction of sp³-hybridized carbons (Fsp3) is 0.417. The van der Waals surface area contributed by atoms with Gasteiger partial charge in [0.15, 0.2) is 5.82 Å². The molecule has 0 saturated heterocycles. The van der Waals surface area contributed by atoms with E-state index in [-0.39, 0.29) is 18.3 Å². The van der Waals surface area contributed by atoms with Crippen molar-refractivity contribution in [3.63, 3.8) is 0 Å². The molecule has 1 aliphatic carbocycles. The summed E-state index contributed by atoms with van der Waals surface area (Å²) in [5.41, 5.74) is 0.390. The number of carbonyl (C=O) groups excluding carboxylic acids is 1. The van der Waals surface area contributed by atoms with Gasteiger partial charge in [0.2, 0.25) is 11.6 Å². The minimum atomic E-state index is -0.545. The zero-order chi connectivity index (χ0) is 15.0. The van der Waals surface area contributed by atoms with Crippen molar-refractivity contribution in [1.29, 1.82) is 0 Å². The van der Waals surface area contributed by atoms with Crippen LogP contribution in [0.4, 0.5) is 11.6 Å². The fourth-order valence-electron chi connectivity index (χ4n) is 1.98. The summed E-state index contributed by atoms with van der Waals surface area (Å²) in [6.45, 7) is 0.150. The first-order valence-electron chi connectivity index (χ1n) is 6.54. The van der Waals surface area contributed by atoms with Gasteiger partial charge in [0.25, 0.3) is 0 Å². The lowest BCUT2D eigenvalue weighted by Crippen LogP contribution is -2.36. The quantitative estimate of drug-likeness (QED) is 0.629. The van der Waals surface area contributed by atoms with Gasteiger partial charge in [-0.15, -0.1) is 0 Å². The van der Waals surface area contributed by atoms with Gasteiger partial charge in [-0.05, 0) is 23.8 Å². The Morgan fingerprint density at radius 2 is 2.33 bits per heavy atom. The van der Waals surface area contributed by atoms with E-state index in [4.69, 9.17) is 0 Å². The van der Waals surface area contributed by atoms with Gasteiger partial charge in [-0.1, -0.05) is 9.61 Å². The predicted octanol–water partition coefficient (Wildman–Crippen LogP) is 0.352. The maximum atomic E-state index is 11.8. The van der Waals surface area contributed by atoms with Crippen molar-refractivity contribution in [2.45, 2.75) is 18.9 Å². The average molecular weight is 290 g/mol. The third-order valence-corrected chi connectivity index (χ3v) is 3.23. The van der Waals surface area contributed by atoms with Crippen LogP contribution in [-0.2, 0) is 4.79 Å². The minimum Gasteiger partial charge on any atom is -0.358 e. The highest BCUT2D eigenvalue weighted by Gasteiger charge is 2.24. The molecule has 110 valence electrons. The highest BCUT2D eigenvalue weighted by Crippen LogP contribution is 2.19. The van der Waals surface area contributed by atoms with E-state index in [1.165, 1.54) is 0 Å².